The van der Waals surface area contributed by atoms with E-state index in [1.807, 2.05) is 115 Å². The number of ether oxygens (including phenoxy) is 2. The Morgan fingerprint density at radius 1 is 0.574 bits per heavy atom. The number of methoxy groups -OCH3 is 2. The number of nitrogens with zero attached hydrogens (tertiary/aromatic N) is 2. The summed E-state index contributed by atoms with van der Waals surface area (Å²) in [5, 5.41) is 7.07. The molecular formula is C47H42Br4ClKN4O4. The summed E-state index contributed by atoms with van der Waals surface area (Å²) in [5.74, 6) is 2.41. The fourth-order valence-electron chi connectivity index (χ4n) is 5.08. The van der Waals surface area contributed by atoms with Gasteiger partial charge in [0.2, 0.25) is 0 Å². The Bertz CT molecular complexity index is 2380. The smallest absolute Gasteiger partial charge is 0.870 e. The van der Waals surface area contributed by atoms with E-state index >= 15 is 0 Å². The average molecular weight is 1120 g/mol. The molecule has 6 aromatic carbocycles. The molecule has 0 bridgehead atoms. The van der Waals surface area contributed by atoms with Gasteiger partial charge in [0.15, 0.2) is 11.6 Å². The van der Waals surface area contributed by atoms with Crippen LogP contribution < -0.4 is 66.6 Å². The maximum absolute atomic E-state index is 11.9. The quantitative estimate of drug-likeness (QED) is 0.0482. The Hall–Kier alpha value is -3.31. The van der Waals surface area contributed by atoms with Gasteiger partial charge < -0.3 is 20.7 Å². The van der Waals surface area contributed by atoms with Crippen molar-refractivity contribution in [3.05, 3.63) is 192 Å². The van der Waals surface area contributed by atoms with Gasteiger partial charge in [-0.1, -0.05) is 126 Å². The first-order valence-electron chi connectivity index (χ1n) is 17.3. The summed E-state index contributed by atoms with van der Waals surface area (Å²) in [6.07, 6.45) is 3.37. The van der Waals surface area contributed by atoms with Gasteiger partial charge in [-0.3, -0.25) is 10.2 Å². The number of hydrogen-bond donors (Lipinski definition) is 2. The summed E-state index contributed by atoms with van der Waals surface area (Å²) in [7, 11) is 3.29. The fourth-order valence-corrected chi connectivity index (χ4v) is 6.14. The zero-order valence-electron chi connectivity index (χ0n) is 32.7. The van der Waals surface area contributed by atoms with E-state index in [4.69, 9.17) is 30.6 Å². The number of nitrogens with two attached hydrogens (primary N) is 1. The van der Waals surface area contributed by atoms with Crippen LogP contribution in [0.15, 0.2) is 176 Å². The van der Waals surface area contributed by atoms with Crippen LogP contribution in [0, 0.1) is 5.41 Å². The third kappa shape index (κ3) is 17.8. The number of allylic oxidation sites excluding steroid dienone is 1. The maximum Gasteiger partial charge on any atom is 1.00 e. The molecule has 0 unspecified atom stereocenters. The van der Waals surface area contributed by atoms with Crippen LogP contribution in [0.3, 0.4) is 0 Å². The Balaban J connectivity index is 0.000000492. The first kappa shape index (κ1) is 55.7. The second-order valence-corrected chi connectivity index (χ2v) is 15.8. The van der Waals surface area contributed by atoms with E-state index in [9.17, 15) is 4.79 Å². The third-order valence-corrected chi connectivity index (χ3v) is 10.3. The molecule has 8 nitrogen and oxygen atoms in total. The minimum Gasteiger partial charge on any atom is -0.870 e. The van der Waals surface area contributed by atoms with E-state index in [1.54, 1.807) is 50.6 Å². The maximum atomic E-state index is 11.9. The Morgan fingerprint density at radius 3 is 1.31 bits per heavy atom. The van der Waals surface area contributed by atoms with E-state index < -0.39 is 0 Å². The molecule has 0 aliphatic heterocycles. The Kier molecular flexibility index (Phi) is 25.9. The van der Waals surface area contributed by atoms with Crippen LogP contribution in [-0.2, 0) is 0 Å². The standard InChI is InChI=1S/C23H16Br2N2O.C16H13BrO2.C7H7BrN2.CH4.ClH.K.H2O/c1-28-20-12-6-16(7-13-20)22-14-21(15-2-8-18(24)9-3-15)26-23(27-22)17-4-10-19(25)11-5-17;1-19-15-9-2-12(3-10-15)4-11-16(18)13-5-7-14(17)8-6-13;8-6-3-1-5(2-4-6)7(9)10;;;;/h2-14H,1H3;2-11H,1H3;1-4H,(H3,9,10);1H4;1H;;1H2/q;;;;;+1;/p-1/b;11-4+;;;;;. The van der Waals surface area contributed by atoms with Gasteiger partial charge in [0.25, 0.3) is 0 Å². The second kappa shape index (κ2) is 28.4. The summed E-state index contributed by atoms with van der Waals surface area (Å²) in [4.78, 5) is 21.6. The molecule has 14 heteroatoms. The fraction of sp³-hybridized carbons (Fsp3) is 0.0638. The molecule has 0 amide bonds. The first-order chi connectivity index (χ1) is 27.5. The largest absolute Gasteiger partial charge is 1.00 e. The van der Waals surface area contributed by atoms with Gasteiger partial charge in [0.05, 0.1) is 25.6 Å². The molecule has 0 spiro atoms. The number of carbonyl (C=O) groups excluding carboxylic acids is 1. The predicted octanol–water partition coefficient (Wildman–Crippen LogP) is 11.0. The number of nitrogens with one attached hydrogen (secondary N) is 1. The van der Waals surface area contributed by atoms with Crippen molar-refractivity contribution >= 4 is 93.8 Å². The van der Waals surface area contributed by atoms with Crippen LogP contribution >= 0.6 is 76.1 Å². The van der Waals surface area contributed by atoms with Crippen LogP contribution in [0.1, 0.15) is 28.9 Å². The molecule has 0 fully saturated rings. The van der Waals surface area contributed by atoms with Gasteiger partial charge in [0, 0.05) is 45.7 Å². The summed E-state index contributed by atoms with van der Waals surface area (Å²) in [6.45, 7) is 0. The minimum absolute atomic E-state index is 0. The number of rotatable bonds is 9. The normalized spacial score (nSPS) is 9.74. The molecule has 0 atom stereocenters. The van der Waals surface area contributed by atoms with Crippen molar-refractivity contribution in [3.63, 3.8) is 0 Å². The molecule has 0 aliphatic rings. The van der Waals surface area contributed by atoms with Gasteiger partial charge in [0.1, 0.15) is 17.3 Å². The van der Waals surface area contributed by atoms with Crippen molar-refractivity contribution in [2.45, 2.75) is 7.43 Å². The number of aromatic nitrogens is 2. The van der Waals surface area contributed by atoms with Crippen molar-refractivity contribution in [3.8, 4) is 45.4 Å². The molecule has 0 saturated heterocycles. The van der Waals surface area contributed by atoms with Crippen molar-refractivity contribution in [2.24, 2.45) is 5.73 Å². The predicted molar refractivity (Wildman–Crippen MR) is 262 cm³/mol. The topological polar surface area (TPSA) is 141 Å². The summed E-state index contributed by atoms with van der Waals surface area (Å²) in [5.41, 5.74) is 12.4. The molecule has 61 heavy (non-hydrogen) atoms. The van der Waals surface area contributed by atoms with Gasteiger partial charge in [-0.15, -0.1) is 12.4 Å². The molecule has 7 rings (SSSR count). The first-order valence-corrected chi connectivity index (χ1v) is 20.5. The van der Waals surface area contributed by atoms with Crippen molar-refractivity contribution in [1.82, 2.24) is 9.97 Å². The molecule has 0 radical (unpaired) electrons. The van der Waals surface area contributed by atoms with E-state index in [0.29, 0.717) is 11.4 Å². The number of amidine groups is 1. The molecular weight excluding hydrogens is 1080 g/mol. The number of ketones is 1. The van der Waals surface area contributed by atoms with E-state index in [-0.39, 0.29) is 88.3 Å². The third-order valence-electron chi connectivity index (χ3n) is 8.18. The van der Waals surface area contributed by atoms with Gasteiger partial charge in [-0.05, 0) is 115 Å². The van der Waals surface area contributed by atoms with E-state index in [0.717, 1.165) is 68.6 Å². The number of hydrogen-bond acceptors (Lipinski definition) is 7. The van der Waals surface area contributed by atoms with Gasteiger partial charge in [-0.25, -0.2) is 9.97 Å². The van der Waals surface area contributed by atoms with Gasteiger partial charge in [-0.2, -0.15) is 0 Å². The van der Waals surface area contributed by atoms with Crippen LogP contribution in [0.4, 0.5) is 0 Å². The summed E-state index contributed by atoms with van der Waals surface area (Å²) >= 11 is 13.6. The van der Waals surface area contributed by atoms with E-state index in [2.05, 4.69) is 75.9 Å². The molecule has 310 valence electrons. The Morgan fingerprint density at radius 2 is 0.918 bits per heavy atom. The second-order valence-electron chi connectivity index (χ2n) is 12.1. The molecule has 1 aromatic heterocycles. The molecule has 1 heterocycles. The number of nitrogen functional groups attached to an aromatic ring is 1. The zero-order valence-corrected chi connectivity index (χ0v) is 42.9. The minimum atomic E-state index is -0.0108. The van der Waals surface area contributed by atoms with Crippen molar-refractivity contribution in [2.75, 3.05) is 14.2 Å². The van der Waals surface area contributed by atoms with Gasteiger partial charge >= 0.3 is 51.4 Å². The number of benzene rings is 6. The van der Waals surface area contributed by atoms with Crippen molar-refractivity contribution in [1.29, 1.82) is 5.41 Å². The summed E-state index contributed by atoms with van der Waals surface area (Å²) in [6, 6.07) is 48.3. The Labute approximate surface area is 440 Å². The van der Waals surface area contributed by atoms with Crippen LogP contribution in [0.2, 0.25) is 0 Å². The van der Waals surface area contributed by atoms with Crippen LogP contribution in [-0.4, -0.2) is 41.3 Å². The average Bonchev–Trinajstić information content (AvgIpc) is 3.24. The van der Waals surface area contributed by atoms with Crippen LogP contribution in [0.5, 0.6) is 11.5 Å². The van der Waals surface area contributed by atoms with E-state index in [1.165, 1.54) is 0 Å². The SMILES string of the molecule is C.COc1ccc(-c2cc(-c3ccc(Br)cc3)nc(-c3ccc(Br)cc3)n2)cc1.COc1ccc(/C=C/C(=O)c2ccc(Br)cc2)cc1.Cl.N=C(N)c1ccc(Br)cc1.[K+].[OH-]. The number of carbonyl (C=O) groups is 1. The number of halogens is 5. The molecule has 7 aromatic rings. The molecule has 4 N–H and O–H groups in total. The zero-order chi connectivity index (χ0) is 40.7. The molecule has 0 saturated carbocycles. The molecule has 0 aliphatic carbocycles. The summed E-state index contributed by atoms with van der Waals surface area (Å²) < 4.78 is 14.4. The van der Waals surface area contributed by atoms with Crippen molar-refractivity contribution < 1.29 is 71.1 Å². The van der Waals surface area contributed by atoms with Crippen LogP contribution in [0.25, 0.3) is 40.0 Å². The monoisotopic (exact) mass is 1120 g/mol.